The molecule has 1 fully saturated rings. The highest BCUT2D eigenvalue weighted by Gasteiger charge is 2.37. The Morgan fingerprint density at radius 1 is 1.20 bits per heavy atom. The monoisotopic (exact) mass is 574 g/mol. The quantitative estimate of drug-likeness (QED) is 0.337. The number of methoxy groups -OCH3 is 2. The molecule has 0 saturated heterocycles. The largest absolute Gasteiger partial charge is 0.497 e. The molecule has 0 spiro atoms. The van der Waals surface area contributed by atoms with E-state index in [0.717, 1.165) is 25.2 Å². The minimum absolute atomic E-state index is 0.00329. The fraction of sp³-hybridized carbons (Fsp3) is 0.407. The van der Waals surface area contributed by atoms with Crippen LogP contribution < -0.4 is 20.1 Å². The minimum Gasteiger partial charge on any atom is -0.497 e. The highest BCUT2D eigenvalue weighted by molar-refractivity contribution is 6.04. The highest BCUT2D eigenvalue weighted by atomic mass is 19.3. The van der Waals surface area contributed by atoms with Crippen molar-refractivity contribution in [1.82, 2.24) is 25.0 Å². The van der Waals surface area contributed by atoms with Crippen LogP contribution in [0.15, 0.2) is 30.6 Å². The van der Waals surface area contributed by atoms with Crippen LogP contribution in [0.5, 0.6) is 11.5 Å². The number of ether oxygens (including phenoxy) is 2. The lowest BCUT2D eigenvalue weighted by Crippen LogP contribution is -2.48. The number of rotatable bonds is 9. The van der Waals surface area contributed by atoms with Crippen molar-refractivity contribution in [2.75, 3.05) is 19.5 Å². The van der Waals surface area contributed by atoms with Crippen molar-refractivity contribution in [3.63, 3.8) is 0 Å². The second-order valence-electron chi connectivity index (χ2n) is 9.89. The van der Waals surface area contributed by atoms with E-state index >= 15 is 4.39 Å². The van der Waals surface area contributed by atoms with Gasteiger partial charge >= 0.3 is 12.6 Å². The van der Waals surface area contributed by atoms with Gasteiger partial charge in [0.1, 0.15) is 11.5 Å². The maximum absolute atomic E-state index is 16.1. The van der Waals surface area contributed by atoms with E-state index in [1.54, 1.807) is 18.2 Å². The van der Waals surface area contributed by atoms with E-state index in [4.69, 9.17) is 9.47 Å². The fourth-order valence-electron chi connectivity index (χ4n) is 5.41. The normalized spacial score (nSPS) is 18.4. The minimum atomic E-state index is -2.92. The van der Waals surface area contributed by atoms with Crippen LogP contribution in [-0.2, 0) is 13.1 Å². The van der Waals surface area contributed by atoms with Gasteiger partial charge in [-0.15, -0.1) is 0 Å². The van der Waals surface area contributed by atoms with Crippen molar-refractivity contribution in [3.8, 4) is 22.8 Å². The second-order valence-corrected chi connectivity index (χ2v) is 9.89. The highest BCUT2D eigenvalue weighted by Crippen LogP contribution is 2.38. The third kappa shape index (κ3) is 5.58. The molecule has 5 rings (SSSR count). The van der Waals surface area contributed by atoms with Gasteiger partial charge in [0.2, 0.25) is 0 Å². The number of hydrogen-bond donors (Lipinski definition) is 3. The Morgan fingerprint density at radius 2 is 1.95 bits per heavy atom. The lowest BCUT2D eigenvalue weighted by atomic mass is 9.90. The van der Waals surface area contributed by atoms with E-state index in [9.17, 15) is 23.5 Å². The first kappa shape index (κ1) is 28.1. The molecule has 3 aromatic rings. The molecule has 2 aromatic heterocycles. The number of amides is 2. The topological polar surface area (TPSA) is 131 Å². The molecule has 0 bridgehead atoms. The maximum atomic E-state index is 16.1. The van der Waals surface area contributed by atoms with Gasteiger partial charge in [0.25, 0.3) is 5.91 Å². The molecule has 41 heavy (non-hydrogen) atoms. The zero-order valence-electron chi connectivity index (χ0n) is 22.4. The molecule has 218 valence electrons. The van der Waals surface area contributed by atoms with Gasteiger partial charge in [0, 0.05) is 41.5 Å². The van der Waals surface area contributed by atoms with Crippen molar-refractivity contribution < 1.29 is 37.3 Å². The van der Waals surface area contributed by atoms with Gasteiger partial charge in [-0.3, -0.25) is 4.79 Å². The number of aromatic nitrogens is 3. The van der Waals surface area contributed by atoms with Gasteiger partial charge in [-0.25, -0.2) is 18.9 Å². The standard InChI is InChI=1S/C27H29F3N6O5/c1-40-16-8-7-14(20(9-16)41-2)11-35-13-17-21(25(35)37)23(15-10-31-36(12-15)26(29)30)34-24(22(17)28)32-18-5-3-4-6-19(18)33-27(38)39/h7-10,12,18-19,26,33H,3-6,11,13H2,1-2H3,(H,32,34)(H,38,39)/t18-,19+/m1/s1. The Balaban J connectivity index is 1.54. The number of carbonyl (C=O) groups excluding carboxylic acids is 1. The van der Waals surface area contributed by atoms with E-state index in [0.29, 0.717) is 34.6 Å². The van der Waals surface area contributed by atoms with Crippen LogP contribution in [0.1, 0.15) is 53.7 Å². The molecule has 2 aliphatic rings. The summed E-state index contributed by atoms with van der Waals surface area (Å²) in [5.74, 6) is -0.448. The van der Waals surface area contributed by atoms with Gasteiger partial charge in [-0.05, 0) is 25.0 Å². The van der Waals surface area contributed by atoms with Crippen molar-refractivity contribution in [2.45, 2.75) is 57.4 Å². The number of benzene rings is 1. The molecule has 1 aromatic carbocycles. The lowest BCUT2D eigenvalue weighted by molar-refractivity contribution is 0.0566. The first-order chi connectivity index (χ1) is 19.7. The number of nitrogens with zero attached hydrogens (tertiary/aromatic N) is 4. The van der Waals surface area contributed by atoms with Gasteiger partial charge in [0.15, 0.2) is 11.6 Å². The summed E-state index contributed by atoms with van der Waals surface area (Å²) in [4.78, 5) is 30.8. The molecule has 0 radical (unpaired) electrons. The van der Waals surface area contributed by atoms with Gasteiger partial charge in [-0.2, -0.15) is 13.9 Å². The van der Waals surface area contributed by atoms with E-state index < -0.39 is 36.5 Å². The molecule has 2 atom stereocenters. The van der Waals surface area contributed by atoms with E-state index in [1.807, 2.05) is 0 Å². The third-order valence-corrected chi connectivity index (χ3v) is 7.41. The number of anilines is 1. The smallest absolute Gasteiger partial charge is 0.404 e. The predicted octanol–water partition coefficient (Wildman–Crippen LogP) is 4.64. The van der Waals surface area contributed by atoms with E-state index in [1.165, 1.54) is 19.1 Å². The Bertz CT molecular complexity index is 1470. The van der Waals surface area contributed by atoms with Crippen LogP contribution in [0.4, 0.5) is 23.8 Å². The molecule has 0 unspecified atom stereocenters. The van der Waals surface area contributed by atoms with Crippen molar-refractivity contribution in [1.29, 1.82) is 0 Å². The molecule has 3 N–H and O–H groups in total. The Kier molecular flexibility index (Phi) is 7.90. The molecule has 2 amide bonds. The molecule has 1 aliphatic heterocycles. The molecule has 14 heteroatoms. The van der Waals surface area contributed by atoms with Crippen molar-refractivity contribution >= 4 is 17.8 Å². The summed E-state index contributed by atoms with van der Waals surface area (Å²) in [6.07, 6.45) is 3.72. The first-order valence-electron chi connectivity index (χ1n) is 13.0. The zero-order chi connectivity index (χ0) is 29.3. The van der Waals surface area contributed by atoms with Crippen LogP contribution in [0.2, 0.25) is 0 Å². The lowest BCUT2D eigenvalue weighted by Gasteiger charge is -2.32. The molecule has 1 aliphatic carbocycles. The summed E-state index contributed by atoms with van der Waals surface area (Å²) in [5, 5.41) is 18.4. The number of nitrogens with one attached hydrogen (secondary N) is 2. The second kappa shape index (κ2) is 11.6. The average molecular weight is 575 g/mol. The maximum Gasteiger partial charge on any atom is 0.404 e. The Morgan fingerprint density at radius 3 is 2.61 bits per heavy atom. The summed E-state index contributed by atoms with van der Waals surface area (Å²) in [5.41, 5.74) is 0.781. The number of hydrogen-bond acceptors (Lipinski definition) is 7. The number of halogens is 3. The summed E-state index contributed by atoms with van der Waals surface area (Å²) in [7, 11) is 3.00. The Labute approximate surface area is 233 Å². The average Bonchev–Trinajstić information content (AvgIpc) is 3.57. The summed E-state index contributed by atoms with van der Waals surface area (Å²) in [6.45, 7) is -2.95. The molecular weight excluding hydrogens is 545 g/mol. The zero-order valence-corrected chi connectivity index (χ0v) is 22.4. The van der Waals surface area contributed by atoms with Gasteiger partial charge < -0.3 is 30.1 Å². The summed E-state index contributed by atoms with van der Waals surface area (Å²) < 4.78 is 53.8. The fourth-order valence-corrected chi connectivity index (χ4v) is 5.41. The number of pyridine rings is 1. The van der Waals surface area contributed by atoms with Gasteiger partial charge in [-0.1, -0.05) is 12.8 Å². The SMILES string of the molecule is COc1ccc(CN2Cc3c(F)c(N[C@@H]4CCCC[C@@H]4NC(=O)O)nc(-c4cnn(C(F)F)c4)c3C2=O)c(OC)c1. The van der Waals surface area contributed by atoms with Crippen LogP contribution >= 0.6 is 0 Å². The predicted molar refractivity (Wildman–Crippen MR) is 141 cm³/mol. The van der Waals surface area contributed by atoms with Gasteiger partial charge in [0.05, 0.1) is 44.3 Å². The molecule has 1 saturated carbocycles. The number of carbonyl (C=O) groups is 2. The number of carboxylic acid groups (broad SMARTS) is 1. The molecule has 11 nitrogen and oxygen atoms in total. The van der Waals surface area contributed by atoms with E-state index in [2.05, 4.69) is 20.7 Å². The van der Waals surface area contributed by atoms with Crippen LogP contribution in [0, 0.1) is 5.82 Å². The first-order valence-corrected chi connectivity index (χ1v) is 13.0. The number of alkyl halides is 2. The number of fused-ring (bicyclic) bond motifs is 1. The third-order valence-electron chi connectivity index (χ3n) is 7.41. The van der Waals surface area contributed by atoms with Crippen LogP contribution in [-0.4, -0.2) is 63.1 Å². The van der Waals surface area contributed by atoms with E-state index in [-0.39, 0.29) is 41.3 Å². The summed E-state index contributed by atoms with van der Waals surface area (Å²) in [6, 6.07) is 4.17. The summed E-state index contributed by atoms with van der Waals surface area (Å²) >= 11 is 0. The molecular formula is C27H29F3N6O5. The van der Waals surface area contributed by atoms with Crippen molar-refractivity contribution in [2.24, 2.45) is 0 Å². The van der Waals surface area contributed by atoms with Crippen molar-refractivity contribution in [3.05, 3.63) is 53.1 Å². The van der Waals surface area contributed by atoms with Crippen LogP contribution in [0.3, 0.4) is 0 Å². The Hall–Kier alpha value is -4.49. The van der Waals surface area contributed by atoms with Crippen LogP contribution in [0.25, 0.3) is 11.3 Å². The molecule has 3 heterocycles.